The maximum Gasteiger partial charge on any atom is 0 e. The van der Waals surface area contributed by atoms with Gasteiger partial charge in [-0.05, 0) is 64.9 Å². The third-order valence-electron chi connectivity index (χ3n) is 10.5. The Hall–Kier alpha value is -5.07. The van der Waals surface area contributed by atoms with Crippen molar-refractivity contribution in [1.82, 2.24) is 14.5 Å². The van der Waals surface area contributed by atoms with Crippen molar-refractivity contribution < 1.29 is 31.4 Å². The van der Waals surface area contributed by atoms with E-state index in [1.807, 2.05) is 92.8 Å². The van der Waals surface area contributed by atoms with Gasteiger partial charge in [-0.3, -0.25) is 4.98 Å². The molecule has 0 saturated heterocycles. The second-order valence-electron chi connectivity index (χ2n) is 17.5. The zero-order chi connectivity index (χ0) is 45.8. The molecule has 3 aromatic heterocycles. The summed E-state index contributed by atoms with van der Waals surface area (Å²) < 4.78 is 49.9. The molecule has 0 unspecified atom stereocenters. The Morgan fingerprint density at radius 1 is 0.783 bits per heavy atom. The molecule has 9 aromatic rings. The average molecular weight is 1030 g/mol. The molecular formula is C54H53GeIrN3O-2. The molecule has 0 aliphatic carbocycles. The van der Waals surface area contributed by atoms with Gasteiger partial charge in [0.1, 0.15) is 5.58 Å². The first-order valence-corrected chi connectivity index (χ1v) is 27.6. The van der Waals surface area contributed by atoms with E-state index in [9.17, 15) is 0 Å². The second-order valence-corrected chi connectivity index (χ2v) is 28.1. The summed E-state index contributed by atoms with van der Waals surface area (Å²) in [5.41, 5.74) is 11.2. The van der Waals surface area contributed by atoms with Gasteiger partial charge in [0.2, 0.25) is 0 Å². The number of nitrogens with zero attached hydrogens (tertiary/aromatic N) is 3. The van der Waals surface area contributed by atoms with E-state index in [1.54, 1.807) is 12.1 Å². The third kappa shape index (κ3) is 9.00. The Morgan fingerprint density at radius 2 is 1.55 bits per heavy atom. The number of furan rings is 1. The van der Waals surface area contributed by atoms with Gasteiger partial charge in [-0.25, -0.2) is 0 Å². The maximum atomic E-state index is 8.56. The molecule has 305 valence electrons. The van der Waals surface area contributed by atoms with E-state index in [0.29, 0.717) is 11.2 Å². The first kappa shape index (κ1) is 36.8. The van der Waals surface area contributed by atoms with Crippen LogP contribution in [-0.4, -0.2) is 27.8 Å². The van der Waals surface area contributed by atoms with Crippen LogP contribution in [0.1, 0.15) is 58.2 Å². The maximum absolute atomic E-state index is 8.56. The first-order chi connectivity index (χ1) is 30.2. The van der Waals surface area contributed by atoms with Crippen LogP contribution in [0.15, 0.2) is 144 Å². The molecule has 4 nitrogen and oxygen atoms in total. The smallest absolute Gasteiger partial charge is 0 e. The van der Waals surface area contributed by atoms with Crippen molar-refractivity contribution in [3.05, 3.63) is 168 Å². The van der Waals surface area contributed by atoms with Crippen molar-refractivity contribution in [1.29, 1.82) is 0 Å². The monoisotopic (exact) mass is 1030 g/mol. The molecule has 0 saturated carbocycles. The summed E-state index contributed by atoms with van der Waals surface area (Å²) in [5, 5.41) is 1.75. The van der Waals surface area contributed by atoms with E-state index in [-0.39, 0.29) is 37.0 Å². The fraction of sp³-hybridized carbons (Fsp3) is 0.222. The van der Waals surface area contributed by atoms with E-state index in [4.69, 9.17) is 16.3 Å². The Bertz CT molecular complexity index is 3130. The number of aryl methyl sites for hydroxylation is 1. The minimum absolute atomic E-state index is 0. The van der Waals surface area contributed by atoms with Gasteiger partial charge in [0, 0.05) is 35.3 Å². The van der Waals surface area contributed by atoms with Crippen LogP contribution in [0.4, 0.5) is 0 Å². The predicted octanol–water partition coefficient (Wildman–Crippen LogP) is 14.0. The molecule has 0 aliphatic heterocycles. The van der Waals surface area contributed by atoms with Gasteiger partial charge in [0.15, 0.2) is 0 Å². The molecule has 6 heteroatoms. The fourth-order valence-corrected chi connectivity index (χ4v) is 10.6. The molecule has 9 rings (SSSR count). The summed E-state index contributed by atoms with van der Waals surface area (Å²) in [6.07, 6.45) is 0.562. The van der Waals surface area contributed by atoms with Crippen LogP contribution < -0.4 is 4.40 Å². The first-order valence-electron chi connectivity index (χ1n) is 22.8. The van der Waals surface area contributed by atoms with E-state index in [2.05, 4.69) is 108 Å². The number of rotatable bonds is 7. The zero-order valence-electron chi connectivity index (χ0n) is 40.4. The minimum Gasteiger partial charge on any atom is 0 e. The SMILES string of the molecule is [2H]C([2H])([2H])c1ccc2c(c1)oc1c[c-]c(-c3nc4ccccc4n3-c3ccc(-c4ccccc4)cc3C(C)(C)C)cc12.[2H]C([2H])(c1cc(-c2[c-]cccc2)nc[c]1[Ge]([CH3])([CH3])[CH3])C(C)C.[Ir]. The quantitative estimate of drug-likeness (QED) is 0.118. The van der Waals surface area contributed by atoms with Crippen LogP contribution in [0.25, 0.3) is 72.4 Å². The van der Waals surface area contributed by atoms with Crippen LogP contribution in [0.5, 0.6) is 0 Å². The van der Waals surface area contributed by atoms with Gasteiger partial charge in [0.25, 0.3) is 0 Å². The minimum atomic E-state index is -2.20. The largest absolute Gasteiger partial charge is 0 e. The van der Waals surface area contributed by atoms with Crippen LogP contribution >= 0.6 is 0 Å². The molecule has 0 fully saturated rings. The van der Waals surface area contributed by atoms with Crippen LogP contribution in [-0.2, 0) is 31.9 Å². The summed E-state index contributed by atoms with van der Waals surface area (Å²) in [6, 6.07) is 50.5. The average Bonchev–Trinajstić information content (AvgIpc) is 3.84. The number of hydrogen-bond acceptors (Lipinski definition) is 3. The number of aromatic nitrogens is 3. The van der Waals surface area contributed by atoms with Crippen molar-refractivity contribution in [2.24, 2.45) is 5.92 Å². The van der Waals surface area contributed by atoms with E-state index in [0.717, 1.165) is 60.1 Å². The van der Waals surface area contributed by atoms with E-state index in [1.165, 1.54) is 16.7 Å². The molecule has 60 heavy (non-hydrogen) atoms. The molecule has 0 atom stereocenters. The number of benzene rings is 6. The van der Waals surface area contributed by atoms with Crippen LogP contribution in [0.3, 0.4) is 0 Å². The number of imidazole rings is 1. The Morgan fingerprint density at radius 3 is 2.27 bits per heavy atom. The van der Waals surface area contributed by atoms with Crippen molar-refractivity contribution >= 4 is 50.6 Å². The molecule has 3 heterocycles. The van der Waals surface area contributed by atoms with Gasteiger partial charge in [-0.2, -0.15) is 0 Å². The molecule has 0 bridgehead atoms. The number of hydrogen-bond donors (Lipinski definition) is 0. The third-order valence-corrected chi connectivity index (χ3v) is 14.7. The molecule has 0 spiro atoms. The van der Waals surface area contributed by atoms with Gasteiger partial charge in [-0.15, -0.1) is 23.8 Å². The van der Waals surface area contributed by atoms with E-state index >= 15 is 0 Å². The Labute approximate surface area is 378 Å². The normalized spacial score (nSPS) is 13.5. The summed E-state index contributed by atoms with van der Waals surface area (Å²) in [6.45, 7) is 8.40. The van der Waals surface area contributed by atoms with Gasteiger partial charge >= 0.3 is 128 Å². The zero-order valence-corrected chi connectivity index (χ0v) is 39.9. The topological polar surface area (TPSA) is 43.9 Å². The molecule has 0 N–H and O–H groups in total. The molecule has 6 aromatic carbocycles. The summed E-state index contributed by atoms with van der Waals surface area (Å²) in [5.74, 6) is 7.55. The van der Waals surface area contributed by atoms with Gasteiger partial charge in [0.05, 0.1) is 22.4 Å². The predicted molar refractivity (Wildman–Crippen MR) is 252 cm³/mol. The number of fused-ring (bicyclic) bond motifs is 4. The summed E-state index contributed by atoms with van der Waals surface area (Å²) >= 11 is -2.20. The van der Waals surface area contributed by atoms with Crippen LogP contribution in [0, 0.1) is 24.9 Å². The van der Waals surface area contributed by atoms with Gasteiger partial charge < -0.3 is 8.98 Å². The second kappa shape index (κ2) is 17.5. The molecule has 0 aliphatic rings. The molecule has 1 radical (unpaired) electrons. The van der Waals surface area contributed by atoms with Gasteiger partial charge in [-0.1, -0.05) is 86.8 Å². The Balaban J connectivity index is 0.000000233. The van der Waals surface area contributed by atoms with Crippen molar-refractivity contribution in [2.75, 3.05) is 0 Å². The molecular weight excluding hydrogens is 971 g/mol. The number of para-hydroxylation sites is 2. The standard InChI is InChI=1S/C36H29N2O.C18H24GeN.Ir/c1-23-14-17-27-28-21-26(16-19-33(28)39-34(27)20-23)35-37-30-12-8-9-13-32(30)38(35)31-18-15-25(22-29(31)36(2,3)4)24-10-6-5-7-11-24;1-14(2)11-16-12-18(15-9-7-6-8-10-15)20-13-17(16)19(3,4)5;/h5-15,17-22H,1-4H3;6-9,12-14H,11H2,1-5H3;/q2*-1;/i1D3;11D2;. The van der Waals surface area contributed by atoms with Crippen molar-refractivity contribution in [3.63, 3.8) is 0 Å². The number of pyridine rings is 1. The Kier molecular flexibility index (Phi) is 10.7. The van der Waals surface area contributed by atoms with E-state index < -0.39 is 26.5 Å². The van der Waals surface area contributed by atoms with Crippen molar-refractivity contribution in [2.45, 2.75) is 70.5 Å². The molecule has 0 amide bonds. The summed E-state index contributed by atoms with van der Waals surface area (Å²) in [4.78, 5) is 9.71. The van der Waals surface area contributed by atoms with Crippen molar-refractivity contribution in [3.8, 4) is 39.5 Å². The fourth-order valence-electron chi connectivity index (χ4n) is 7.63. The van der Waals surface area contributed by atoms with Crippen LogP contribution in [0.2, 0.25) is 17.3 Å². The summed E-state index contributed by atoms with van der Waals surface area (Å²) in [7, 11) is 0.